The van der Waals surface area contributed by atoms with Crippen molar-refractivity contribution in [2.45, 2.75) is 58.0 Å². The van der Waals surface area contributed by atoms with Crippen molar-refractivity contribution in [1.82, 2.24) is 0 Å². The minimum absolute atomic E-state index is 0.340. The summed E-state index contributed by atoms with van der Waals surface area (Å²) in [5, 5.41) is 0. The zero-order valence-electron chi connectivity index (χ0n) is 12.0. The third-order valence-corrected chi connectivity index (χ3v) is 4.03. The van der Waals surface area contributed by atoms with E-state index in [9.17, 15) is 0 Å². The molecule has 0 aliphatic heterocycles. The van der Waals surface area contributed by atoms with E-state index in [1.807, 2.05) is 0 Å². The third kappa shape index (κ3) is 4.03. The molecule has 0 radical (unpaired) electrons. The van der Waals surface area contributed by atoms with Gasteiger partial charge >= 0.3 is 0 Å². The van der Waals surface area contributed by atoms with E-state index in [2.05, 4.69) is 25.1 Å². The molecule has 1 saturated carbocycles. The number of ether oxygens (including phenoxy) is 2. The molecule has 3 nitrogen and oxygen atoms in total. The molecule has 1 aromatic rings. The highest BCUT2D eigenvalue weighted by molar-refractivity contribution is 5.30. The van der Waals surface area contributed by atoms with Gasteiger partial charge in [-0.3, -0.25) is 0 Å². The SMILES string of the molecule is COC1CCCC(OCc2ccc(CN)cc2C)C1. The van der Waals surface area contributed by atoms with Crippen LogP contribution >= 0.6 is 0 Å². The fourth-order valence-corrected chi connectivity index (χ4v) is 2.72. The summed E-state index contributed by atoms with van der Waals surface area (Å²) in [7, 11) is 1.79. The zero-order valence-corrected chi connectivity index (χ0v) is 12.0. The summed E-state index contributed by atoms with van der Waals surface area (Å²) in [5.74, 6) is 0. The summed E-state index contributed by atoms with van der Waals surface area (Å²) in [5.41, 5.74) is 9.35. The number of aryl methyl sites for hydroxylation is 1. The highest BCUT2D eigenvalue weighted by Gasteiger charge is 2.22. The normalized spacial score (nSPS) is 23.5. The first-order valence-corrected chi connectivity index (χ1v) is 7.15. The second-order valence-electron chi connectivity index (χ2n) is 5.42. The van der Waals surface area contributed by atoms with E-state index in [1.54, 1.807) is 7.11 Å². The average molecular weight is 263 g/mol. The Morgan fingerprint density at radius 1 is 1.26 bits per heavy atom. The summed E-state index contributed by atoms with van der Waals surface area (Å²) >= 11 is 0. The summed E-state index contributed by atoms with van der Waals surface area (Å²) in [6.45, 7) is 3.41. The first kappa shape index (κ1) is 14.5. The number of hydrogen-bond acceptors (Lipinski definition) is 3. The molecule has 2 rings (SSSR count). The molecule has 2 N–H and O–H groups in total. The number of benzene rings is 1. The van der Waals surface area contributed by atoms with E-state index in [4.69, 9.17) is 15.2 Å². The average Bonchev–Trinajstić information content (AvgIpc) is 2.46. The smallest absolute Gasteiger partial charge is 0.0723 e. The van der Waals surface area contributed by atoms with Crippen LogP contribution in [-0.2, 0) is 22.6 Å². The topological polar surface area (TPSA) is 44.5 Å². The molecule has 1 aliphatic rings. The van der Waals surface area contributed by atoms with E-state index >= 15 is 0 Å². The van der Waals surface area contributed by atoms with Crippen molar-refractivity contribution < 1.29 is 9.47 Å². The molecule has 0 spiro atoms. The lowest BCUT2D eigenvalue weighted by Gasteiger charge is -2.28. The maximum atomic E-state index is 6.04. The van der Waals surface area contributed by atoms with Crippen molar-refractivity contribution in [3.63, 3.8) is 0 Å². The molecule has 3 heteroatoms. The van der Waals surface area contributed by atoms with Crippen molar-refractivity contribution in [1.29, 1.82) is 0 Å². The largest absolute Gasteiger partial charge is 0.381 e. The molecule has 1 fully saturated rings. The van der Waals surface area contributed by atoms with Crippen LogP contribution in [0.15, 0.2) is 18.2 Å². The number of methoxy groups -OCH3 is 1. The minimum atomic E-state index is 0.340. The van der Waals surface area contributed by atoms with Gasteiger partial charge in [0.05, 0.1) is 18.8 Å². The Balaban J connectivity index is 1.88. The lowest BCUT2D eigenvalue weighted by Crippen LogP contribution is -2.27. The van der Waals surface area contributed by atoms with Crippen LogP contribution in [0.1, 0.15) is 42.4 Å². The first-order valence-electron chi connectivity index (χ1n) is 7.15. The van der Waals surface area contributed by atoms with Crippen molar-refractivity contribution in [3.05, 3.63) is 34.9 Å². The Morgan fingerprint density at radius 2 is 2.05 bits per heavy atom. The maximum Gasteiger partial charge on any atom is 0.0723 e. The van der Waals surface area contributed by atoms with E-state index in [-0.39, 0.29) is 0 Å². The molecule has 1 aliphatic carbocycles. The van der Waals surface area contributed by atoms with E-state index in [0.717, 1.165) is 12.8 Å². The van der Waals surface area contributed by atoms with E-state index < -0.39 is 0 Å². The molecule has 19 heavy (non-hydrogen) atoms. The standard InChI is InChI=1S/C16H25NO2/c1-12-8-13(10-17)6-7-14(12)11-19-16-5-3-4-15(9-16)18-2/h6-8,15-16H,3-5,9-11,17H2,1-2H3. The van der Waals surface area contributed by atoms with Gasteiger partial charge in [0.1, 0.15) is 0 Å². The lowest BCUT2D eigenvalue weighted by atomic mass is 9.95. The van der Waals surface area contributed by atoms with Crippen LogP contribution in [0.5, 0.6) is 0 Å². The second kappa shape index (κ2) is 7.04. The molecule has 1 aromatic carbocycles. The molecular weight excluding hydrogens is 238 g/mol. The maximum absolute atomic E-state index is 6.04. The summed E-state index contributed by atoms with van der Waals surface area (Å²) in [6, 6.07) is 6.37. The first-order chi connectivity index (χ1) is 9.22. The molecule has 2 atom stereocenters. The third-order valence-electron chi connectivity index (χ3n) is 4.03. The van der Waals surface area contributed by atoms with Crippen molar-refractivity contribution in [2.24, 2.45) is 5.73 Å². The Kier molecular flexibility index (Phi) is 5.37. The number of hydrogen-bond donors (Lipinski definition) is 1. The highest BCUT2D eigenvalue weighted by atomic mass is 16.5. The summed E-state index contributed by atoms with van der Waals surface area (Å²) in [6.07, 6.45) is 5.26. The van der Waals surface area contributed by atoms with Gasteiger partial charge in [0.2, 0.25) is 0 Å². The van der Waals surface area contributed by atoms with Crippen LogP contribution in [0.2, 0.25) is 0 Å². The van der Waals surface area contributed by atoms with Gasteiger partial charge in [0.15, 0.2) is 0 Å². The predicted octanol–water partition coefficient (Wildman–Crippen LogP) is 2.93. The van der Waals surface area contributed by atoms with Crippen LogP contribution in [-0.4, -0.2) is 19.3 Å². The van der Waals surface area contributed by atoms with E-state index in [0.29, 0.717) is 25.4 Å². The summed E-state index contributed by atoms with van der Waals surface area (Å²) in [4.78, 5) is 0. The highest BCUT2D eigenvalue weighted by Crippen LogP contribution is 2.24. The van der Waals surface area contributed by atoms with Gasteiger partial charge in [0, 0.05) is 13.7 Å². The minimum Gasteiger partial charge on any atom is -0.381 e. The van der Waals surface area contributed by atoms with Crippen LogP contribution < -0.4 is 5.73 Å². The Bertz CT molecular complexity index is 406. The van der Waals surface area contributed by atoms with Crippen LogP contribution in [0.3, 0.4) is 0 Å². The van der Waals surface area contributed by atoms with Gasteiger partial charge in [0.25, 0.3) is 0 Å². The van der Waals surface area contributed by atoms with Gasteiger partial charge in [-0.05, 0) is 49.3 Å². The van der Waals surface area contributed by atoms with Gasteiger partial charge in [-0.25, -0.2) is 0 Å². The van der Waals surface area contributed by atoms with Gasteiger partial charge < -0.3 is 15.2 Å². The molecule has 0 saturated heterocycles. The fourth-order valence-electron chi connectivity index (χ4n) is 2.72. The summed E-state index contributed by atoms with van der Waals surface area (Å²) < 4.78 is 11.5. The lowest BCUT2D eigenvalue weighted by molar-refractivity contribution is -0.0364. The number of nitrogens with two attached hydrogens (primary N) is 1. The Morgan fingerprint density at radius 3 is 2.74 bits per heavy atom. The number of rotatable bonds is 5. The monoisotopic (exact) mass is 263 g/mol. The van der Waals surface area contributed by atoms with Crippen LogP contribution in [0.25, 0.3) is 0 Å². The van der Waals surface area contributed by atoms with Crippen LogP contribution in [0.4, 0.5) is 0 Å². The molecule has 2 unspecified atom stereocenters. The van der Waals surface area contributed by atoms with Crippen molar-refractivity contribution >= 4 is 0 Å². The molecule has 106 valence electrons. The molecule has 0 heterocycles. The van der Waals surface area contributed by atoms with Crippen molar-refractivity contribution in [2.75, 3.05) is 7.11 Å². The van der Waals surface area contributed by atoms with Gasteiger partial charge in [-0.2, -0.15) is 0 Å². The molecular formula is C16H25NO2. The van der Waals surface area contributed by atoms with E-state index in [1.165, 1.54) is 29.5 Å². The molecule has 0 aromatic heterocycles. The predicted molar refractivity (Wildman–Crippen MR) is 76.9 cm³/mol. The quantitative estimate of drug-likeness (QED) is 0.888. The zero-order chi connectivity index (χ0) is 13.7. The molecule has 0 amide bonds. The van der Waals surface area contributed by atoms with Gasteiger partial charge in [-0.15, -0.1) is 0 Å². The Labute approximate surface area is 116 Å². The Hall–Kier alpha value is -0.900. The van der Waals surface area contributed by atoms with Crippen molar-refractivity contribution in [3.8, 4) is 0 Å². The fraction of sp³-hybridized carbons (Fsp3) is 0.625. The van der Waals surface area contributed by atoms with Gasteiger partial charge in [-0.1, -0.05) is 18.2 Å². The molecule has 0 bridgehead atoms. The second-order valence-corrected chi connectivity index (χ2v) is 5.42. The van der Waals surface area contributed by atoms with Crippen LogP contribution in [0, 0.1) is 6.92 Å².